The van der Waals surface area contributed by atoms with Crippen molar-refractivity contribution in [3.8, 4) is 5.75 Å². The van der Waals surface area contributed by atoms with Crippen LogP contribution in [0.2, 0.25) is 0 Å². The van der Waals surface area contributed by atoms with E-state index in [0.29, 0.717) is 22.4 Å². The average molecular weight is 282 g/mol. The summed E-state index contributed by atoms with van der Waals surface area (Å²) in [5.41, 5.74) is 6.95. The van der Waals surface area contributed by atoms with Gasteiger partial charge in [0.05, 0.1) is 12.3 Å². The summed E-state index contributed by atoms with van der Waals surface area (Å²) in [7, 11) is 0. The molecule has 0 aliphatic heterocycles. The van der Waals surface area contributed by atoms with Gasteiger partial charge in [-0.25, -0.2) is 9.37 Å². The molecule has 2 N–H and O–H groups in total. The van der Waals surface area contributed by atoms with Crippen LogP contribution in [-0.4, -0.2) is 11.6 Å². The molecule has 0 spiro atoms. The highest BCUT2D eigenvalue weighted by molar-refractivity contribution is 7.99. The number of halogens is 1. The van der Waals surface area contributed by atoms with Crippen LogP contribution in [0.4, 0.5) is 10.1 Å². The Morgan fingerprint density at radius 2 is 2.16 bits per heavy atom. The molecule has 2 aromatic rings. The van der Waals surface area contributed by atoms with Gasteiger partial charge in [-0.1, -0.05) is 0 Å². The number of hydrogen-bond donors (Lipinski definition) is 1. The van der Waals surface area contributed by atoms with Crippen LogP contribution < -0.4 is 10.5 Å². The Balaban J connectivity index is 2.31. The van der Waals surface area contributed by atoms with Crippen molar-refractivity contribution in [3.63, 3.8) is 0 Å². The highest BCUT2D eigenvalue weighted by Gasteiger charge is 2.13. The van der Waals surface area contributed by atoms with Gasteiger partial charge in [-0.05, 0) is 38.6 Å². The van der Waals surface area contributed by atoms with Crippen molar-refractivity contribution in [2.24, 2.45) is 0 Å². The fourth-order valence-corrected chi connectivity index (χ4v) is 2.37. The first-order valence-corrected chi connectivity index (χ1v) is 6.66. The van der Waals surface area contributed by atoms with Crippen LogP contribution in [0.15, 0.2) is 26.7 Å². The first kappa shape index (κ1) is 13.7. The molecule has 0 radical (unpaired) electrons. The second kappa shape index (κ2) is 5.52. The van der Waals surface area contributed by atoms with E-state index >= 15 is 0 Å². The maximum absolute atomic E-state index is 13.6. The molecular weight excluding hydrogens is 267 g/mol. The molecule has 0 saturated heterocycles. The lowest BCUT2D eigenvalue weighted by Crippen LogP contribution is -1.97. The van der Waals surface area contributed by atoms with Crippen molar-refractivity contribution in [2.75, 3.05) is 12.3 Å². The number of ether oxygens (including phenoxy) is 1. The third-order valence-corrected chi connectivity index (χ3v) is 3.49. The molecule has 0 atom stereocenters. The van der Waals surface area contributed by atoms with E-state index in [-0.39, 0.29) is 5.75 Å². The zero-order valence-electron chi connectivity index (χ0n) is 11.0. The van der Waals surface area contributed by atoms with Crippen LogP contribution in [0.25, 0.3) is 0 Å². The van der Waals surface area contributed by atoms with Gasteiger partial charge in [0.2, 0.25) is 0 Å². The molecule has 0 aliphatic carbocycles. The third kappa shape index (κ3) is 3.01. The fraction of sp³-hybridized carbons (Fsp3) is 0.308. The fourth-order valence-electron chi connectivity index (χ4n) is 1.49. The summed E-state index contributed by atoms with van der Waals surface area (Å²) in [5.74, 6) is 0.468. The minimum absolute atomic E-state index is 0.180. The van der Waals surface area contributed by atoms with Crippen molar-refractivity contribution >= 4 is 17.4 Å². The molecule has 0 fully saturated rings. The number of nitrogens with two attached hydrogens (primary N) is 1. The van der Waals surface area contributed by atoms with E-state index in [1.165, 1.54) is 17.8 Å². The molecule has 0 aliphatic rings. The predicted octanol–water partition coefficient (Wildman–Crippen LogP) is 3.56. The molecule has 19 heavy (non-hydrogen) atoms. The zero-order valence-corrected chi connectivity index (χ0v) is 11.8. The summed E-state index contributed by atoms with van der Waals surface area (Å²) in [6.45, 7) is 5.89. The summed E-state index contributed by atoms with van der Waals surface area (Å²) in [4.78, 5) is 4.91. The van der Waals surface area contributed by atoms with Gasteiger partial charge < -0.3 is 14.9 Å². The summed E-state index contributed by atoms with van der Waals surface area (Å²) < 4.78 is 24.2. The van der Waals surface area contributed by atoms with E-state index in [1.807, 2.05) is 13.8 Å². The van der Waals surface area contributed by atoms with Gasteiger partial charge in [0, 0.05) is 16.6 Å². The van der Waals surface area contributed by atoms with Crippen LogP contribution in [0, 0.1) is 19.7 Å². The van der Waals surface area contributed by atoms with Crippen LogP contribution >= 0.6 is 11.8 Å². The lowest BCUT2D eigenvalue weighted by atomic mass is 10.3. The number of nitrogen functional groups attached to an aromatic ring is 1. The quantitative estimate of drug-likeness (QED) is 0.869. The molecule has 1 heterocycles. The molecule has 102 valence electrons. The van der Waals surface area contributed by atoms with Crippen molar-refractivity contribution in [2.45, 2.75) is 30.9 Å². The summed E-state index contributed by atoms with van der Waals surface area (Å²) in [6, 6.07) is 2.81. The Morgan fingerprint density at radius 1 is 1.42 bits per heavy atom. The number of aromatic nitrogens is 1. The van der Waals surface area contributed by atoms with Crippen LogP contribution in [0.5, 0.6) is 5.75 Å². The maximum Gasteiger partial charge on any atom is 0.261 e. The van der Waals surface area contributed by atoms with Crippen LogP contribution in [-0.2, 0) is 0 Å². The summed E-state index contributed by atoms with van der Waals surface area (Å²) in [5, 5.41) is 0.482. The van der Waals surface area contributed by atoms with Gasteiger partial charge in [-0.15, -0.1) is 0 Å². The topological polar surface area (TPSA) is 61.3 Å². The number of hydrogen-bond acceptors (Lipinski definition) is 5. The lowest BCUT2D eigenvalue weighted by molar-refractivity contribution is 0.321. The Bertz CT molecular complexity index is 579. The Morgan fingerprint density at radius 3 is 2.74 bits per heavy atom. The van der Waals surface area contributed by atoms with Gasteiger partial charge in [-0.2, -0.15) is 0 Å². The zero-order chi connectivity index (χ0) is 14.0. The van der Waals surface area contributed by atoms with E-state index in [4.69, 9.17) is 14.9 Å². The first-order valence-electron chi connectivity index (χ1n) is 5.85. The normalized spacial score (nSPS) is 10.7. The molecular formula is C13H15FN2O2S. The molecule has 6 heteroatoms. The first-order chi connectivity index (χ1) is 9.01. The van der Waals surface area contributed by atoms with E-state index in [2.05, 4.69) is 4.98 Å². The van der Waals surface area contributed by atoms with Gasteiger partial charge in [0.25, 0.3) is 5.22 Å². The largest absolute Gasteiger partial charge is 0.491 e. The number of anilines is 1. The highest BCUT2D eigenvalue weighted by Crippen LogP contribution is 2.36. The molecule has 1 aromatic heterocycles. The van der Waals surface area contributed by atoms with E-state index < -0.39 is 5.82 Å². The smallest absolute Gasteiger partial charge is 0.261 e. The van der Waals surface area contributed by atoms with Gasteiger partial charge in [0.1, 0.15) is 5.76 Å². The van der Waals surface area contributed by atoms with Crippen LogP contribution in [0.1, 0.15) is 18.4 Å². The third-order valence-electron chi connectivity index (χ3n) is 2.57. The molecule has 0 saturated carbocycles. The van der Waals surface area contributed by atoms with Crippen molar-refractivity contribution in [1.29, 1.82) is 0 Å². The average Bonchev–Trinajstić information content (AvgIpc) is 2.65. The van der Waals surface area contributed by atoms with Gasteiger partial charge >= 0.3 is 0 Å². The Kier molecular flexibility index (Phi) is 3.99. The molecule has 2 rings (SSSR count). The lowest BCUT2D eigenvalue weighted by Gasteiger charge is -2.08. The minimum atomic E-state index is -0.469. The number of benzene rings is 1. The van der Waals surface area contributed by atoms with E-state index in [1.54, 1.807) is 13.0 Å². The van der Waals surface area contributed by atoms with Gasteiger partial charge in [0.15, 0.2) is 11.6 Å². The standard InChI is InChI=1S/C13H15FN2O2S/c1-4-17-11-6-12(10(15)5-9(11)14)19-13-16-7(2)8(3)18-13/h5-6H,4,15H2,1-3H3. The molecule has 1 aromatic carbocycles. The van der Waals surface area contributed by atoms with Crippen molar-refractivity contribution in [3.05, 3.63) is 29.4 Å². The number of oxazole rings is 1. The van der Waals surface area contributed by atoms with E-state index in [9.17, 15) is 4.39 Å². The number of nitrogens with zero attached hydrogens (tertiary/aromatic N) is 1. The van der Waals surface area contributed by atoms with Crippen molar-refractivity contribution in [1.82, 2.24) is 4.98 Å². The molecule has 0 unspecified atom stereocenters. The monoisotopic (exact) mass is 282 g/mol. The Hall–Kier alpha value is -1.69. The number of aryl methyl sites for hydroxylation is 2. The SMILES string of the molecule is CCOc1cc(Sc2nc(C)c(C)o2)c(N)cc1F. The minimum Gasteiger partial charge on any atom is -0.491 e. The van der Waals surface area contributed by atoms with E-state index in [0.717, 1.165) is 11.5 Å². The molecule has 0 amide bonds. The van der Waals surface area contributed by atoms with Crippen LogP contribution in [0.3, 0.4) is 0 Å². The summed E-state index contributed by atoms with van der Waals surface area (Å²) >= 11 is 1.25. The van der Waals surface area contributed by atoms with Crippen molar-refractivity contribution < 1.29 is 13.5 Å². The second-order valence-corrected chi connectivity index (χ2v) is 4.97. The highest BCUT2D eigenvalue weighted by atomic mass is 32.2. The van der Waals surface area contributed by atoms with Gasteiger partial charge in [-0.3, -0.25) is 0 Å². The second-order valence-electron chi connectivity index (χ2n) is 3.98. The molecule has 0 bridgehead atoms. The Labute approximate surface area is 115 Å². The number of rotatable bonds is 4. The molecule has 4 nitrogen and oxygen atoms in total. The predicted molar refractivity (Wildman–Crippen MR) is 72.1 cm³/mol. The summed E-state index contributed by atoms with van der Waals surface area (Å²) in [6.07, 6.45) is 0. The maximum atomic E-state index is 13.6.